The lowest BCUT2D eigenvalue weighted by Crippen LogP contribution is -2.04. The molecule has 0 saturated heterocycles. The first-order valence-corrected chi connectivity index (χ1v) is 6.39. The highest BCUT2D eigenvalue weighted by Gasteiger charge is 2.18. The first-order valence-electron chi connectivity index (χ1n) is 6.39. The molecule has 0 fully saturated rings. The van der Waals surface area contributed by atoms with Gasteiger partial charge in [-0.3, -0.25) is 14.9 Å². The maximum Gasteiger partial charge on any atom is 0.273 e. The molecule has 0 atom stereocenters. The van der Waals surface area contributed by atoms with Crippen LogP contribution in [0, 0.1) is 10.1 Å². The molecule has 0 saturated carbocycles. The number of hydrogen-bond acceptors (Lipinski definition) is 4. The summed E-state index contributed by atoms with van der Waals surface area (Å²) >= 11 is 0. The number of furan rings is 1. The lowest BCUT2D eigenvalue weighted by molar-refractivity contribution is -0.385. The number of ketones is 1. The van der Waals surface area contributed by atoms with Gasteiger partial charge in [-0.25, -0.2) is 0 Å². The van der Waals surface area contributed by atoms with Crippen LogP contribution >= 0.6 is 0 Å². The number of nitrogens with zero attached hydrogens (tertiary/aromatic N) is 1. The molecule has 0 amide bonds. The van der Waals surface area contributed by atoms with Crippen molar-refractivity contribution in [1.29, 1.82) is 0 Å². The average Bonchev–Trinajstić information content (AvgIpc) is 2.91. The van der Waals surface area contributed by atoms with Gasteiger partial charge in [0.1, 0.15) is 5.58 Å². The van der Waals surface area contributed by atoms with Crippen LogP contribution in [-0.2, 0) is 6.42 Å². The van der Waals surface area contributed by atoms with Gasteiger partial charge in [-0.05, 0) is 12.1 Å². The van der Waals surface area contributed by atoms with Crippen molar-refractivity contribution in [2.75, 3.05) is 0 Å². The van der Waals surface area contributed by atoms with Gasteiger partial charge in [0.2, 0.25) is 5.78 Å². The maximum atomic E-state index is 12.2. The molecule has 3 aromatic rings. The van der Waals surface area contributed by atoms with E-state index in [-0.39, 0.29) is 23.7 Å². The Morgan fingerprint density at radius 3 is 2.57 bits per heavy atom. The van der Waals surface area contributed by atoms with Crippen LogP contribution in [-0.4, -0.2) is 10.7 Å². The number of Topliss-reactive ketones (excluding diaryl/α,β-unsaturated/α-hetero) is 1. The number of rotatable bonds is 4. The van der Waals surface area contributed by atoms with Crippen LogP contribution in [0.4, 0.5) is 5.69 Å². The molecule has 0 aliphatic rings. The van der Waals surface area contributed by atoms with E-state index in [1.165, 1.54) is 6.07 Å². The molecular formula is C16H11NO4. The summed E-state index contributed by atoms with van der Waals surface area (Å²) in [7, 11) is 0. The number of nitro benzene ring substituents is 1. The molecule has 0 radical (unpaired) electrons. The molecule has 1 heterocycles. The lowest BCUT2D eigenvalue weighted by atomic mass is 10.1. The van der Waals surface area contributed by atoms with Gasteiger partial charge in [-0.2, -0.15) is 0 Å². The van der Waals surface area contributed by atoms with E-state index in [1.807, 2.05) is 18.2 Å². The van der Waals surface area contributed by atoms with E-state index in [2.05, 4.69) is 0 Å². The number of benzene rings is 2. The van der Waals surface area contributed by atoms with Gasteiger partial charge in [0.25, 0.3) is 5.69 Å². The molecule has 0 N–H and O–H groups in total. The zero-order valence-electron chi connectivity index (χ0n) is 11.0. The summed E-state index contributed by atoms with van der Waals surface area (Å²) in [6.07, 6.45) is -0.0586. The summed E-state index contributed by atoms with van der Waals surface area (Å²) in [5, 5.41) is 11.8. The van der Waals surface area contributed by atoms with Gasteiger partial charge >= 0.3 is 0 Å². The fourth-order valence-electron chi connectivity index (χ4n) is 2.22. The summed E-state index contributed by atoms with van der Waals surface area (Å²) in [4.78, 5) is 22.7. The largest absolute Gasteiger partial charge is 0.453 e. The van der Waals surface area contributed by atoms with Crippen molar-refractivity contribution in [2.24, 2.45) is 0 Å². The van der Waals surface area contributed by atoms with E-state index >= 15 is 0 Å². The Labute approximate surface area is 120 Å². The third-order valence-electron chi connectivity index (χ3n) is 3.24. The van der Waals surface area contributed by atoms with Crippen LogP contribution in [0.3, 0.4) is 0 Å². The highest BCUT2D eigenvalue weighted by Crippen LogP contribution is 2.23. The van der Waals surface area contributed by atoms with Gasteiger partial charge in [0.05, 0.1) is 4.92 Å². The van der Waals surface area contributed by atoms with Crippen LogP contribution in [0.15, 0.2) is 59.0 Å². The molecule has 5 heteroatoms. The molecule has 0 unspecified atom stereocenters. The van der Waals surface area contributed by atoms with E-state index in [4.69, 9.17) is 4.42 Å². The van der Waals surface area contributed by atoms with Crippen LogP contribution in [0.5, 0.6) is 0 Å². The number of nitro groups is 1. The summed E-state index contributed by atoms with van der Waals surface area (Å²) in [6, 6.07) is 15.2. The van der Waals surface area contributed by atoms with Gasteiger partial charge < -0.3 is 4.42 Å². The fraction of sp³-hybridized carbons (Fsp3) is 0.0625. The van der Waals surface area contributed by atoms with Gasteiger partial charge in [0, 0.05) is 23.4 Å². The number of fused-ring (bicyclic) bond motifs is 1. The highest BCUT2D eigenvalue weighted by molar-refractivity contribution is 5.99. The van der Waals surface area contributed by atoms with Crippen molar-refractivity contribution in [1.82, 2.24) is 0 Å². The summed E-state index contributed by atoms with van der Waals surface area (Å²) in [5.74, 6) is -0.0603. The molecule has 0 spiro atoms. The molecule has 3 rings (SSSR count). The standard InChI is InChI=1S/C16H11NO4/c18-14(9-11-5-1-3-7-13(11)17(19)20)16-10-12-6-2-4-8-15(12)21-16/h1-8,10H,9H2. The number of carbonyl (C=O) groups excluding carboxylic acids is 1. The molecule has 0 aliphatic carbocycles. The second-order valence-electron chi connectivity index (χ2n) is 4.63. The highest BCUT2D eigenvalue weighted by atomic mass is 16.6. The second-order valence-corrected chi connectivity index (χ2v) is 4.63. The normalized spacial score (nSPS) is 10.7. The third-order valence-corrected chi connectivity index (χ3v) is 3.24. The zero-order chi connectivity index (χ0) is 14.8. The van der Waals surface area contributed by atoms with Gasteiger partial charge in [-0.1, -0.05) is 36.4 Å². The lowest BCUT2D eigenvalue weighted by Gasteiger charge is -2.00. The molecule has 21 heavy (non-hydrogen) atoms. The molecule has 104 valence electrons. The Morgan fingerprint density at radius 2 is 1.81 bits per heavy atom. The van der Waals surface area contributed by atoms with Crippen molar-refractivity contribution in [3.05, 3.63) is 76.0 Å². The van der Waals surface area contributed by atoms with Crippen LogP contribution in [0.25, 0.3) is 11.0 Å². The minimum Gasteiger partial charge on any atom is -0.453 e. The van der Waals surface area contributed by atoms with Gasteiger partial charge in [-0.15, -0.1) is 0 Å². The number of carbonyl (C=O) groups is 1. The Morgan fingerprint density at radius 1 is 1.10 bits per heavy atom. The molecule has 0 aliphatic heterocycles. The van der Waals surface area contributed by atoms with Gasteiger partial charge in [0.15, 0.2) is 5.76 Å². The molecule has 2 aromatic carbocycles. The summed E-state index contributed by atoms with van der Waals surface area (Å²) < 4.78 is 5.48. The van der Waals surface area contributed by atoms with E-state index < -0.39 is 4.92 Å². The zero-order valence-corrected chi connectivity index (χ0v) is 11.0. The van der Waals surface area contributed by atoms with Crippen molar-refractivity contribution < 1.29 is 14.1 Å². The van der Waals surface area contributed by atoms with Crippen molar-refractivity contribution in [3.63, 3.8) is 0 Å². The summed E-state index contributed by atoms with van der Waals surface area (Å²) in [5.41, 5.74) is 0.957. The van der Waals surface area contributed by atoms with Crippen molar-refractivity contribution >= 4 is 22.4 Å². The minimum absolute atomic E-state index is 0.0537. The maximum absolute atomic E-state index is 12.2. The first-order chi connectivity index (χ1) is 10.1. The van der Waals surface area contributed by atoms with Crippen LogP contribution in [0.1, 0.15) is 16.1 Å². The Balaban J connectivity index is 1.91. The fourth-order valence-corrected chi connectivity index (χ4v) is 2.22. The topological polar surface area (TPSA) is 73.3 Å². The molecule has 5 nitrogen and oxygen atoms in total. The SMILES string of the molecule is O=C(Cc1ccccc1[N+](=O)[O-])c1cc2ccccc2o1. The number of para-hydroxylation sites is 2. The number of hydrogen-bond donors (Lipinski definition) is 0. The molecule has 0 bridgehead atoms. The molecule has 1 aromatic heterocycles. The third kappa shape index (κ3) is 2.53. The van der Waals surface area contributed by atoms with Crippen molar-refractivity contribution in [2.45, 2.75) is 6.42 Å². The van der Waals surface area contributed by atoms with Crippen molar-refractivity contribution in [3.8, 4) is 0 Å². The Bertz CT molecular complexity index is 802. The predicted molar refractivity (Wildman–Crippen MR) is 77.3 cm³/mol. The second kappa shape index (κ2) is 5.20. The molecular weight excluding hydrogens is 270 g/mol. The van der Waals surface area contributed by atoms with Crippen LogP contribution < -0.4 is 0 Å². The minimum atomic E-state index is -0.485. The Kier molecular flexibility index (Phi) is 3.23. The average molecular weight is 281 g/mol. The van der Waals surface area contributed by atoms with E-state index in [0.29, 0.717) is 11.1 Å². The predicted octanol–water partition coefficient (Wildman–Crippen LogP) is 3.77. The first kappa shape index (κ1) is 13.1. The van der Waals surface area contributed by atoms with E-state index in [1.54, 1.807) is 30.3 Å². The quantitative estimate of drug-likeness (QED) is 0.414. The summed E-state index contributed by atoms with van der Waals surface area (Å²) in [6.45, 7) is 0. The van der Waals surface area contributed by atoms with Crippen LogP contribution in [0.2, 0.25) is 0 Å². The Hall–Kier alpha value is -2.95. The monoisotopic (exact) mass is 281 g/mol. The van der Waals surface area contributed by atoms with E-state index in [0.717, 1.165) is 5.39 Å². The van der Waals surface area contributed by atoms with E-state index in [9.17, 15) is 14.9 Å². The smallest absolute Gasteiger partial charge is 0.273 e.